The number of aromatic carboxylic acids is 1. The molecule has 33 heavy (non-hydrogen) atoms. The van der Waals surface area contributed by atoms with Gasteiger partial charge in [-0.2, -0.15) is 0 Å². The smallest absolute Gasteiger partial charge is 0.338 e. The van der Waals surface area contributed by atoms with E-state index in [1.807, 2.05) is 0 Å². The Morgan fingerprint density at radius 2 is 1.70 bits per heavy atom. The molecule has 1 aromatic heterocycles. The fourth-order valence-corrected chi connectivity index (χ4v) is 3.99. The Morgan fingerprint density at radius 1 is 1.00 bits per heavy atom. The summed E-state index contributed by atoms with van der Waals surface area (Å²) in [6, 6.07) is 6.89. The van der Waals surface area contributed by atoms with Gasteiger partial charge in [0.15, 0.2) is 11.6 Å². The van der Waals surface area contributed by atoms with Crippen molar-refractivity contribution in [1.82, 2.24) is 4.98 Å². The number of hydrogen-bond acceptors (Lipinski definition) is 3. The highest BCUT2D eigenvalue weighted by Gasteiger charge is 2.24. The van der Waals surface area contributed by atoms with E-state index in [9.17, 15) is 27.5 Å². The molecule has 3 aromatic rings. The molecule has 0 atom stereocenters. The van der Waals surface area contributed by atoms with Gasteiger partial charge >= 0.3 is 5.97 Å². The highest BCUT2D eigenvalue weighted by Crippen LogP contribution is 2.43. The van der Waals surface area contributed by atoms with Gasteiger partial charge in [-0.3, -0.25) is 0 Å². The number of ether oxygens (including phenoxy) is 1. The van der Waals surface area contributed by atoms with Crippen molar-refractivity contribution in [3.05, 3.63) is 93.1 Å². The minimum absolute atomic E-state index is 0.0254. The van der Waals surface area contributed by atoms with Crippen LogP contribution in [0.2, 0.25) is 5.02 Å². The number of pyridine rings is 1. The summed E-state index contributed by atoms with van der Waals surface area (Å²) in [5.74, 6) is -5.72. The second-order valence-corrected chi connectivity index (χ2v) is 7.86. The van der Waals surface area contributed by atoms with Crippen molar-refractivity contribution >= 4 is 28.7 Å². The molecule has 1 N–H and O–H groups in total. The molecule has 0 bridgehead atoms. The maximum Gasteiger partial charge on any atom is 0.338 e. The van der Waals surface area contributed by atoms with E-state index in [4.69, 9.17) is 16.3 Å². The van der Waals surface area contributed by atoms with Gasteiger partial charge < -0.3 is 9.84 Å². The molecule has 0 saturated carbocycles. The number of nitrogens with zero attached hydrogens (tertiary/aromatic N) is 1. The fraction of sp³-hybridized carbons (Fsp3) is 0.167. The van der Waals surface area contributed by atoms with Gasteiger partial charge in [0.1, 0.15) is 18.2 Å². The van der Waals surface area contributed by atoms with Crippen LogP contribution in [0.3, 0.4) is 0 Å². The van der Waals surface area contributed by atoms with E-state index in [1.165, 1.54) is 18.3 Å². The third-order valence-electron chi connectivity index (χ3n) is 5.40. The summed E-state index contributed by atoms with van der Waals surface area (Å²) in [4.78, 5) is 15.5. The molecular formula is C24H16ClF4NO3. The van der Waals surface area contributed by atoms with E-state index in [0.29, 0.717) is 30.0 Å². The summed E-state index contributed by atoms with van der Waals surface area (Å²) < 4.78 is 61.0. The van der Waals surface area contributed by atoms with Crippen molar-refractivity contribution in [3.63, 3.8) is 0 Å². The molecule has 9 heteroatoms. The lowest BCUT2D eigenvalue weighted by molar-refractivity contribution is 0.0692. The van der Waals surface area contributed by atoms with Crippen LogP contribution in [0.4, 0.5) is 17.6 Å². The number of carboxylic acid groups (broad SMARTS) is 1. The van der Waals surface area contributed by atoms with Crippen LogP contribution in [0.15, 0.2) is 42.6 Å². The Morgan fingerprint density at radius 3 is 2.45 bits per heavy atom. The van der Waals surface area contributed by atoms with Gasteiger partial charge in [-0.15, -0.1) is 0 Å². The molecular weight excluding hydrogens is 462 g/mol. The molecule has 0 fully saturated rings. The van der Waals surface area contributed by atoms with Gasteiger partial charge in [0.25, 0.3) is 0 Å². The third-order valence-corrected chi connectivity index (χ3v) is 5.60. The monoisotopic (exact) mass is 477 g/mol. The first kappa shape index (κ1) is 22.8. The lowest BCUT2D eigenvalue weighted by atomic mass is 9.96. The number of benzene rings is 2. The molecule has 0 radical (unpaired) electrons. The predicted molar refractivity (Wildman–Crippen MR) is 114 cm³/mol. The maximum absolute atomic E-state index is 14.0. The highest BCUT2D eigenvalue weighted by atomic mass is 35.5. The van der Waals surface area contributed by atoms with Gasteiger partial charge in [0.05, 0.1) is 16.1 Å². The van der Waals surface area contributed by atoms with Crippen LogP contribution in [-0.4, -0.2) is 16.1 Å². The highest BCUT2D eigenvalue weighted by molar-refractivity contribution is 6.30. The van der Waals surface area contributed by atoms with Crippen LogP contribution in [0.1, 0.15) is 46.3 Å². The fourth-order valence-electron chi connectivity index (χ4n) is 3.84. The molecule has 0 unspecified atom stereocenters. The molecule has 1 heterocycles. The molecule has 2 aromatic carbocycles. The van der Waals surface area contributed by atoms with Crippen LogP contribution in [-0.2, 0) is 6.61 Å². The molecule has 0 spiro atoms. The van der Waals surface area contributed by atoms with Gasteiger partial charge in [-0.05, 0) is 66.3 Å². The van der Waals surface area contributed by atoms with Crippen LogP contribution in [0.25, 0.3) is 11.1 Å². The summed E-state index contributed by atoms with van der Waals surface area (Å²) >= 11 is 6.13. The second-order valence-electron chi connectivity index (χ2n) is 7.43. The molecule has 4 rings (SSSR count). The molecule has 1 aliphatic rings. The van der Waals surface area contributed by atoms with Gasteiger partial charge in [-0.25, -0.2) is 27.3 Å². The van der Waals surface area contributed by atoms with Gasteiger partial charge in [-0.1, -0.05) is 17.7 Å². The molecule has 1 aliphatic carbocycles. The summed E-state index contributed by atoms with van der Waals surface area (Å²) in [6.45, 7) is -0.612. The van der Waals surface area contributed by atoms with E-state index in [1.54, 1.807) is 6.07 Å². The van der Waals surface area contributed by atoms with E-state index < -0.39 is 47.0 Å². The number of aromatic nitrogens is 1. The largest absolute Gasteiger partial charge is 0.478 e. The summed E-state index contributed by atoms with van der Waals surface area (Å²) in [5.41, 5.74) is 1.44. The van der Waals surface area contributed by atoms with Crippen LogP contribution >= 0.6 is 11.6 Å². The number of carboxylic acids is 1. The first-order valence-corrected chi connectivity index (χ1v) is 10.3. The van der Waals surface area contributed by atoms with Crippen molar-refractivity contribution in [2.75, 3.05) is 0 Å². The lowest BCUT2D eigenvalue weighted by Crippen LogP contribution is -2.06. The second kappa shape index (κ2) is 9.23. The Kier molecular flexibility index (Phi) is 6.37. The SMILES string of the molecule is O=C(O)c1cc(C2=C(c3cc(Cl)cnc3OCc3c(F)ccc(F)c3F)CCC2)ccc1F. The zero-order chi connectivity index (χ0) is 23.7. The van der Waals surface area contributed by atoms with Crippen LogP contribution < -0.4 is 4.74 Å². The molecule has 4 nitrogen and oxygen atoms in total. The minimum Gasteiger partial charge on any atom is -0.478 e. The van der Waals surface area contributed by atoms with Crippen LogP contribution in [0.5, 0.6) is 5.88 Å². The van der Waals surface area contributed by atoms with Gasteiger partial charge in [0.2, 0.25) is 5.88 Å². The maximum atomic E-state index is 14.0. The predicted octanol–water partition coefficient (Wildman–Crippen LogP) is 6.66. The Bertz CT molecular complexity index is 1290. The summed E-state index contributed by atoms with van der Waals surface area (Å²) in [7, 11) is 0. The van der Waals surface area contributed by atoms with Crippen molar-refractivity contribution in [2.24, 2.45) is 0 Å². The summed E-state index contributed by atoms with van der Waals surface area (Å²) in [6.07, 6.45) is 3.17. The zero-order valence-corrected chi connectivity index (χ0v) is 17.7. The van der Waals surface area contributed by atoms with Crippen molar-refractivity contribution in [2.45, 2.75) is 25.9 Å². The Balaban J connectivity index is 1.75. The summed E-state index contributed by atoms with van der Waals surface area (Å²) in [5, 5.41) is 9.53. The topological polar surface area (TPSA) is 59.4 Å². The lowest BCUT2D eigenvalue weighted by Gasteiger charge is -2.15. The third kappa shape index (κ3) is 4.57. The molecule has 170 valence electrons. The molecule has 0 aliphatic heterocycles. The molecule has 0 saturated heterocycles. The van der Waals surface area contributed by atoms with E-state index in [-0.39, 0.29) is 10.9 Å². The number of halogens is 5. The Hall–Kier alpha value is -3.39. The van der Waals surface area contributed by atoms with Gasteiger partial charge in [0, 0.05) is 11.8 Å². The average Bonchev–Trinajstić information content (AvgIpc) is 3.27. The van der Waals surface area contributed by atoms with Crippen molar-refractivity contribution < 1.29 is 32.2 Å². The van der Waals surface area contributed by atoms with Crippen LogP contribution in [0, 0.1) is 23.3 Å². The Labute approximate surface area is 191 Å². The zero-order valence-electron chi connectivity index (χ0n) is 17.0. The van der Waals surface area contributed by atoms with E-state index in [2.05, 4.69) is 4.98 Å². The van der Waals surface area contributed by atoms with Crippen molar-refractivity contribution in [3.8, 4) is 5.88 Å². The number of hydrogen-bond donors (Lipinski definition) is 1. The normalized spacial score (nSPS) is 13.5. The molecule has 0 amide bonds. The number of carbonyl (C=O) groups is 1. The number of allylic oxidation sites excluding steroid dienone is 2. The van der Waals surface area contributed by atoms with E-state index in [0.717, 1.165) is 29.7 Å². The number of rotatable bonds is 6. The van der Waals surface area contributed by atoms with E-state index >= 15 is 0 Å². The quantitative estimate of drug-likeness (QED) is 0.318. The standard InChI is InChI=1S/C24H16ClF4NO3/c25-13-9-16(23(30-10-13)33-11-18-20(27)6-7-21(28)22(18)29)15-3-1-2-14(15)12-4-5-19(26)17(8-12)24(31)32/h4-10H,1-3,11H2,(H,31,32). The average molecular weight is 478 g/mol. The first-order valence-electron chi connectivity index (χ1n) is 9.92. The van der Waals surface area contributed by atoms with Crippen molar-refractivity contribution in [1.29, 1.82) is 0 Å². The first-order chi connectivity index (χ1) is 15.8. The minimum atomic E-state index is -1.39.